The van der Waals surface area contributed by atoms with Crippen LogP contribution >= 0.6 is 0 Å². The number of alkyl halides is 3. The van der Waals surface area contributed by atoms with E-state index in [9.17, 15) is 22.8 Å². The zero-order valence-corrected chi connectivity index (χ0v) is 10.1. The third kappa shape index (κ3) is 8.66. The van der Waals surface area contributed by atoms with Crippen LogP contribution in [-0.2, 0) is 4.79 Å². The molecule has 2 N–H and O–H groups in total. The zero-order chi connectivity index (χ0) is 14.2. The van der Waals surface area contributed by atoms with Crippen LogP contribution in [0.3, 0.4) is 0 Å². The number of carbonyl (C=O) groups excluding carboxylic acids is 1. The van der Waals surface area contributed by atoms with Gasteiger partial charge in [0.05, 0.1) is 0 Å². The lowest BCUT2D eigenvalue weighted by Crippen LogP contribution is -2.45. The molecular formula is C10H17F3N2O3. The number of carboxylic acids is 1. The number of halogens is 3. The predicted octanol–water partition coefficient (Wildman–Crippen LogP) is 1.84. The number of carbonyl (C=O) groups is 2. The first-order chi connectivity index (χ1) is 8.26. The molecule has 5 nitrogen and oxygen atoms in total. The van der Waals surface area contributed by atoms with Crippen molar-refractivity contribution in [2.45, 2.75) is 32.4 Å². The van der Waals surface area contributed by atoms with E-state index in [1.807, 2.05) is 0 Å². The topological polar surface area (TPSA) is 69.6 Å². The maximum Gasteiger partial charge on any atom is 0.406 e. The molecule has 0 rings (SSSR count). The smallest absolute Gasteiger partial charge is 0.406 e. The van der Waals surface area contributed by atoms with Crippen LogP contribution in [0.25, 0.3) is 0 Å². The Kier molecular flexibility index (Phi) is 7.14. The van der Waals surface area contributed by atoms with Crippen LogP contribution in [0, 0.1) is 0 Å². The van der Waals surface area contributed by atoms with Gasteiger partial charge in [0.1, 0.15) is 6.54 Å². The average Bonchev–Trinajstić information content (AvgIpc) is 2.21. The van der Waals surface area contributed by atoms with E-state index >= 15 is 0 Å². The lowest BCUT2D eigenvalue weighted by Gasteiger charge is -2.23. The highest BCUT2D eigenvalue weighted by atomic mass is 19.4. The molecule has 0 spiro atoms. The summed E-state index contributed by atoms with van der Waals surface area (Å²) < 4.78 is 36.6. The summed E-state index contributed by atoms with van der Waals surface area (Å²) in [6, 6.07) is -0.820. The van der Waals surface area contributed by atoms with Gasteiger partial charge in [-0.2, -0.15) is 13.2 Å². The van der Waals surface area contributed by atoms with Gasteiger partial charge in [0.15, 0.2) is 0 Å². The fourth-order valence-corrected chi connectivity index (χ4v) is 1.29. The fraction of sp³-hybridized carbons (Fsp3) is 0.800. The number of carboxylic acid groups (broad SMARTS) is 1. The zero-order valence-electron chi connectivity index (χ0n) is 10.1. The van der Waals surface area contributed by atoms with Crippen molar-refractivity contribution in [1.82, 2.24) is 10.2 Å². The van der Waals surface area contributed by atoms with Crippen molar-refractivity contribution in [3.8, 4) is 0 Å². The van der Waals surface area contributed by atoms with Crippen LogP contribution in [0.4, 0.5) is 18.0 Å². The molecule has 0 aromatic rings. The first-order valence-electron chi connectivity index (χ1n) is 5.57. The highest BCUT2D eigenvalue weighted by molar-refractivity contribution is 5.74. The predicted molar refractivity (Wildman–Crippen MR) is 58.2 cm³/mol. The molecule has 106 valence electrons. The van der Waals surface area contributed by atoms with Gasteiger partial charge in [-0.25, -0.2) is 4.79 Å². The number of nitrogens with one attached hydrogen (secondary N) is 1. The van der Waals surface area contributed by atoms with E-state index in [1.54, 1.807) is 6.92 Å². The number of rotatable bonds is 7. The number of nitrogens with zero attached hydrogens (tertiary/aromatic N) is 1. The third-order valence-electron chi connectivity index (χ3n) is 1.99. The van der Waals surface area contributed by atoms with Crippen molar-refractivity contribution in [2.75, 3.05) is 19.6 Å². The van der Waals surface area contributed by atoms with Crippen molar-refractivity contribution >= 4 is 12.0 Å². The van der Waals surface area contributed by atoms with Gasteiger partial charge < -0.3 is 15.3 Å². The molecule has 0 heterocycles. The van der Waals surface area contributed by atoms with Gasteiger partial charge in [-0.05, 0) is 12.8 Å². The van der Waals surface area contributed by atoms with Crippen molar-refractivity contribution in [3.63, 3.8) is 0 Å². The Balaban J connectivity index is 4.10. The molecule has 0 aliphatic carbocycles. The van der Waals surface area contributed by atoms with Crippen molar-refractivity contribution in [1.29, 1.82) is 0 Å². The van der Waals surface area contributed by atoms with Crippen molar-refractivity contribution in [3.05, 3.63) is 0 Å². The first kappa shape index (κ1) is 16.5. The third-order valence-corrected chi connectivity index (χ3v) is 1.99. The maximum atomic E-state index is 12.2. The van der Waals surface area contributed by atoms with E-state index in [-0.39, 0.29) is 25.9 Å². The summed E-state index contributed by atoms with van der Waals surface area (Å²) in [6.45, 7) is 0.417. The number of hydrogen-bond acceptors (Lipinski definition) is 2. The van der Waals surface area contributed by atoms with Crippen LogP contribution in [0.5, 0.6) is 0 Å². The van der Waals surface area contributed by atoms with Gasteiger partial charge in [0.25, 0.3) is 0 Å². The highest BCUT2D eigenvalue weighted by Gasteiger charge is 2.32. The SMILES string of the molecule is CCCN(CC(F)(F)F)C(=O)NCCCC(=O)O. The highest BCUT2D eigenvalue weighted by Crippen LogP contribution is 2.16. The molecule has 0 saturated heterocycles. The van der Waals surface area contributed by atoms with Gasteiger partial charge in [-0.3, -0.25) is 4.79 Å². The molecule has 0 unspecified atom stereocenters. The Labute approximate surface area is 103 Å². The van der Waals surface area contributed by atoms with E-state index < -0.39 is 24.7 Å². The molecule has 0 aromatic heterocycles. The monoisotopic (exact) mass is 270 g/mol. The summed E-state index contributed by atoms with van der Waals surface area (Å²) in [5.74, 6) is -1.01. The summed E-state index contributed by atoms with van der Waals surface area (Å²) in [5, 5.41) is 10.6. The Bertz CT molecular complexity index is 282. The van der Waals surface area contributed by atoms with Crippen LogP contribution in [-0.4, -0.2) is 47.8 Å². The minimum absolute atomic E-state index is 0.00424. The minimum atomic E-state index is -4.44. The molecule has 0 aliphatic heterocycles. The quantitative estimate of drug-likeness (QED) is 0.693. The molecule has 18 heavy (non-hydrogen) atoms. The molecule has 0 radical (unpaired) electrons. The van der Waals surface area contributed by atoms with E-state index in [4.69, 9.17) is 5.11 Å². The van der Waals surface area contributed by atoms with Gasteiger partial charge >= 0.3 is 18.2 Å². The second kappa shape index (κ2) is 7.78. The van der Waals surface area contributed by atoms with E-state index in [0.29, 0.717) is 11.3 Å². The molecular weight excluding hydrogens is 253 g/mol. The Morgan fingerprint density at radius 2 is 1.94 bits per heavy atom. The number of amides is 2. The van der Waals surface area contributed by atoms with E-state index in [1.165, 1.54) is 0 Å². The van der Waals surface area contributed by atoms with Gasteiger partial charge in [-0.1, -0.05) is 6.92 Å². The van der Waals surface area contributed by atoms with Crippen molar-refractivity contribution < 1.29 is 27.9 Å². The first-order valence-corrected chi connectivity index (χ1v) is 5.57. The molecule has 0 atom stereocenters. The second-order valence-corrected chi connectivity index (χ2v) is 3.77. The number of urea groups is 1. The lowest BCUT2D eigenvalue weighted by molar-refractivity contribution is -0.140. The molecule has 0 aromatic carbocycles. The molecule has 0 saturated carbocycles. The lowest BCUT2D eigenvalue weighted by atomic mass is 10.3. The normalized spacial score (nSPS) is 11.1. The number of hydrogen-bond donors (Lipinski definition) is 2. The largest absolute Gasteiger partial charge is 0.481 e. The molecule has 8 heteroatoms. The van der Waals surface area contributed by atoms with Crippen LogP contribution in [0.2, 0.25) is 0 Å². The van der Waals surface area contributed by atoms with Crippen LogP contribution in [0.1, 0.15) is 26.2 Å². The Morgan fingerprint density at radius 1 is 1.33 bits per heavy atom. The summed E-state index contributed by atoms with van der Waals surface area (Å²) >= 11 is 0. The summed E-state index contributed by atoms with van der Waals surface area (Å²) in [5.41, 5.74) is 0. The maximum absolute atomic E-state index is 12.2. The Morgan fingerprint density at radius 3 is 2.39 bits per heavy atom. The Hall–Kier alpha value is -1.47. The molecule has 0 aliphatic rings. The minimum Gasteiger partial charge on any atom is -0.481 e. The van der Waals surface area contributed by atoms with Gasteiger partial charge in [0.2, 0.25) is 0 Å². The van der Waals surface area contributed by atoms with Crippen LogP contribution < -0.4 is 5.32 Å². The van der Waals surface area contributed by atoms with Gasteiger partial charge in [0, 0.05) is 19.5 Å². The standard InChI is InChI=1S/C10H17F3N2O3/c1-2-6-15(7-10(11,12)13)9(18)14-5-3-4-8(16)17/h2-7H2,1H3,(H,14,18)(H,16,17). The second-order valence-electron chi connectivity index (χ2n) is 3.77. The van der Waals surface area contributed by atoms with Crippen LogP contribution in [0.15, 0.2) is 0 Å². The van der Waals surface area contributed by atoms with E-state index in [0.717, 1.165) is 0 Å². The summed E-state index contributed by atoms with van der Waals surface area (Å²) in [7, 11) is 0. The summed E-state index contributed by atoms with van der Waals surface area (Å²) in [4.78, 5) is 22.3. The molecule has 2 amide bonds. The summed E-state index contributed by atoms with van der Waals surface area (Å²) in [6.07, 6.45) is -3.97. The number of aliphatic carboxylic acids is 1. The molecule has 0 fully saturated rings. The average molecular weight is 270 g/mol. The fourth-order valence-electron chi connectivity index (χ4n) is 1.29. The molecule has 0 bridgehead atoms. The van der Waals surface area contributed by atoms with Gasteiger partial charge in [-0.15, -0.1) is 0 Å². The van der Waals surface area contributed by atoms with E-state index in [2.05, 4.69) is 5.32 Å². The van der Waals surface area contributed by atoms with Crippen molar-refractivity contribution in [2.24, 2.45) is 0 Å².